The molecule has 1 amide bonds. The number of carbonyl (C=O) groups is 1. The first-order valence-corrected chi connectivity index (χ1v) is 12.8. The molecule has 11 heteroatoms. The van der Waals surface area contributed by atoms with Gasteiger partial charge in [-0.05, 0) is 56.1 Å². The van der Waals surface area contributed by atoms with Crippen molar-refractivity contribution < 1.29 is 31.9 Å². The molecule has 0 unspecified atom stereocenters. The highest BCUT2D eigenvalue weighted by atomic mass is 35.5. The molecule has 1 aliphatic carbocycles. The maximum absolute atomic E-state index is 15.1. The predicted octanol–water partition coefficient (Wildman–Crippen LogP) is 5.86. The number of rotatable bonds is 7. The van der Waals surface area contributed by atoms with Gasteiger partial charge in [0.1, 0.15) is 12.1 Å². The molecular formula is C27H26ClF4N3O3. The number of benzene rings is 2. The average molecular weight is 552 g/mol. The number of halogens is 5. The number of amides is 1. The lowest BCUT2D eigenvalue weighted by atomic mass is 9.78. The maximum Gasteiger partial charge on any atom is 0.416 e. The third kappa shape index (κ3) is 4.19. The highest BCUT2D eigenvalue weighted by Crippen LogP contribution is 2.53. The number of fused-ring (bicyclic) bond motifs is 1. The molecule has 1 atom stereocenters. The van der Waals surface area contributed by atoms with Crippen LogP contribution in [0.3, 0.4) is 0 Å². The van der Waals surface area contributed by atoms with E-state index in [-0.39, 0.29) is 34.6 Å². The maximum atomic E-state index is 15.1. The molecular weight excluding hydrogens is 526 g/mol. The summed E-state index contributed by atoms with van der Waals surface area (Å²) < 4.78 is 63.9. The van der Waals surface area contributed by atoms with Crippen molar-refractivity contribution in [1.82, 2.24) is 9.88 Å². The van der Waals surface area contributed by atoms with Crippen LogP contribution in [-0.2, 0) is 16.6 Å². The van der Waals surface area contributed by atoms with E-state index in [4.69, 9.17) is 16.0 Å². The number of hydrogen-bond donors (Lipinski definition) is 1. The van der Waals surface area contributed by atoms with Crippen molar-refractivity contribution in [3.8, 4) is 11.5 Å². The second-order valence-electron chi connectivity index (χ2n) is 9.69. The summed E-state index contributed by atoms with van der Waals surface area (Å²) in [6, 6.07) is 5.80. The number of alkyl halides is 3. The lowest BCUT2D eigenvalue weighted by Gasteiger charge is -2.43. The molecule has 38 heavy (non-hydrogen) atoms. The summed E-state index contributed by atoms with van der Waals surface area (Å²) in [6.45, 7) is 5.89. The van der Waals surface area contributed by atoms with Crippen LogP contribution in [0.2, 0.25) is 5.02 Å². The van der Waals surface area contributed by atoms with Crippen LogP contribution < -0.4 is 4.90 Å². The van der Waals surface area contributed by atoms with Gasteiger partial charge in [-0.3, -0.25) is 4.79 Å². The van der Waals surface area contributed by atoms with E-state index >= 15 is 4.39 Å². The lowest BCUT2D eigenvalue weighted by Crippen LogP contribution is -2.50. The Morgan fingerprint density at radius 1 is 1.21 bits per heavy atom. The molecule has 0 radical (unpaired) electrons. The quantitative estimate of drug-likeness (QED) is 0.373. The Kier molecular flexibility index (Phi) is 6.77. The largest absolute Gasteiger partial charge is 0.445 e. The van der Waals surface area contributed by atoms with Gasteiger partial charge in [0.15, 0.2) is 0 Å². The van der Waals surface area contributed by atoms with Crippen molar-refractivity contribution in [2.24, 2.45) is 5.92 Å². The van der Waals surface area contributed by atoms with Gasteiger partial charge in [0.25, 0.3) is 5.91 Å². The molecule has 1 aliphatic heterocycles. The van der Waals surface area contributed by atoms with Gasteiger partial charge in [0.2, 0.25) is 11.5 Å². The van der Waals surface area contributed by atoms with Crippen molar-refractivity contribution >= 4 is 23.2 Å². The standard InChI is InChI=1S/C27H26ClF4N3O3/c1-3-34(4-2)17-10-15(11-17)14-35-21-13-16(24-33-8-9-38-24)12-18(27(30,31)32)22(21)26(37,25(35)36)23-19(28)6-5-7-20(23)29/h5-9,12-13,15,17,37H,3-4,10-11,14H2,1-2H3/t15-,17-,26-/m1/s1. The highest BCUT2D eigenvalue weighted by Gasteiger charge is 2.58. The van der Waals surface area contributed by atoms with Crippen molar-refractivity contribution in [3.63, 3.8) is 0 Å². The second-order valence-corrected chi connectivity index (χ2v) is 10.1. The van der Waals surface area contributed by atoms with Crippen molar-refractivity contribution in [1.29, 1.82) is 0 Å². The minimum atomic E-state index is -5.00. The number of aromatic nitrogens is 1. The fourth-order valence-electron chi connectivity index (χ4n) is 5.75. The van der Waals surface area contributed by atoms with Crippen LogP contribution in [0, 0.1) is 11.7 Å². The van der Waals surface area contributed by atoms with Crippen LogP contribution in [0.5, 0.6) is 0 Å². The van der Waals surface area contributed by atoms with Crippen LogP contribution in [-0.4, -0.2) is 46.6 Å². The Labute approximate surface area is 221 Å². The summed E-state index contributed by atoms with van der Waals surface area (Å²) >= 11 is 6.21. The summed E-state index contributed by atoms with van der Waals surface area (Å²) in [5, 5.41) is 11.5. The molecule has 1 fully saturated rings. The zero-order valence-corrected chi connectivity index (χ0v) is 21.5. The zero-order valence-electron chi connectivity index (χ0n) is 20.7. The first-order chi connectivity index (χ1) is 18.0. The number of aliphatic hydroxyl groups is 1. The Morgan fingerprint density at radius 3 is 2.50 bits per heavy atom. The van der Waals surface area contributed by atoms with Crippen LogP contribution in [0.25, 0.3) is 11.5 Å². The van der Waals surface area contributed by atoms with Crippen molar-refractivity contribution in [2.45, 2.75) is 44.5 Å². The summed E-state index contributed by atoms with van der Waals surface area (Å²) in [7, 11) is 0. The van der Waals surface area contributed by atoms with Gasteiger partial charge >= 0.3 is 6.18 Å². The van der Waals surface area contributed by atoms with E-state index in [0.29, 0.717) is 6.04 Å². The summed E-state index contributed by atoms with van der Waals surface area (Å²) in [6.07, 6.45) is -1.01. The summed E-state index contributed by atoms with van der Waals surface area (Å²) in [4.78, 5) is 21.3. The number of carbonyl (C=O) groups excluding carboxylic acids is 1. The molecule has 3 aromatic rings. The molecule has 6 nitrogen and oxygen atoms in total. The molecule has 1 aromatic heterocycles. The van der Waals surface area contributed by atoms with Gasteiger partial charge in [0.05, 0.1) is 28.0 Å². The summed E-state index contributed by atoms with van der Waals surface area (Å²) in [5.41, 5.74) is -5.95. The average Bonchev–Trinajstić information content (AvgIpc) is 3.44. The molecule has 0 saturated heterocycles. The molecule has 1 saturated carbocycles. The fourth-order valence-corrected chi connectivity index (χ4v) is 6.05. The van der Waals surface area contributed by atoms with E-state index in [1.54, 1.807) is 0 Å². The number of anilines is 1. The predicted molar refractivity (Wildman–Crippen MR) is 133 cm³/mol. The van der Waals surface area contributed by atoms with Gasteiger partial charge in [-0.25, -0.2) is 9.37 Å². The monoisotopic (exact) mass is 551 g/mol. The smallest absolute Gasteiger partial charge is 0.416 e. The van der Waals surface area contributed by atoms with Crippen LogP contribution in [0.4, 0.5) is 23.2 Å². The van der Waals surface area contributed by atoms with Gasteiger partial charge in [-0.2, -0.15) is 13.2 Å². The van der Waals surface area contributed by atoms with E-state index in [9.17, 15) is 23.1 Å². The molecule has 1 N–H and O–H groups in total. The Hall–Kier alpha value is -2.95. The fraction of sp³-hybridized carbons (Fsp3) is 0.407. The van der Waals surface area contributed by atoms with Crippen LogP contribution in [0.1, 0.15) is 43.4 Å². The number of hydrogen-bond acceptors (Lipinski definition) is 5. The number of oxazole rings is 1. The lowest BCUT2D eigenvalue weighted by molar-refractivity contribution is -0.142. The highest BCUT2D eigenvalue weighted by molar-refractivity contribution is 6.32. The van der Waals surface area contributed by atoms with Crippen molar-refractivity contribution in [2.75, 3.05) is 24.5 Å². The Bertz CT molecular complexity index is 1330. The van der Waals surface area contributed by atoms with E-state index in [0.717, 1.165) is 43.0 Å². The van der Waals surface area contributed by atoms with E-state index in [1.165, 1.54) is 30.7 Å². The van der Waals surface area contributed by atoms with Crippen molar-refractivity contribution in [3.05, 3.63) is 70.3 Å². The molecule has 0 bridgehead atoms. The molecule has 2 heterocycles. The van der Waals surface area contributed by atoms with Gasteiger partial charge in [0, 0.05) is 23.7 Å². The minimum Gasteiger partial charge on any atom is -0.445 e. The minimum absolute atomic E-state index is 0.0180. The third-order valence-corrected chi connectivity index (χ3v) is 7.93. The van der Waals surface area contributed by atoms with Gasteiger partial charge in [-0.15, -0.1) is 0 Å². The van der Waals surface area contributed by atoms with Crippen LogP contribution in [0.15, 0.2) is 47.2 Å². The number of nitrogens with zero attached hydrogens (tertiary/aromatic N) is 3. The van der Waals surface area contributed by atoms with Gasteiger partial charge in [-0.1, -0.05) is 31.5 Å². The first kappa shape index (κ1) is 26.6. The molecule has 202 valence electrons. The van der Waals surface area contributed by atoms with Gasteiger partial charge < -0.3 is 19.3 Å². The first-order valence-electron chi connectivity index (χ1n) is 12.4. The molecule has 2 aliphatic rings. The molecule has 5 rings (SSSR count). The van der Waals surface area contributed by atoms with E-state index < -0.39 is 40.2 Å². The normalized spacial score (nSPS) is 23.2. The topological polar surface area (TPSA) is 69.8 Å². The van der Waals surface area contributed by atoms with Crippen LogP contribution >= 0.6 is 11.6 Å². The second kappa shape index (κ2) is 9.66. The van der Waals surface area contributed by atoms with E-state index in [2.05, 4.69) is 23.7 Å². The Balaban J connectivity index is 1.68. The molecule has 2 aromatic carbocycles. The molecule has 0 spiro atoms. The Morgan fingerprint density at radius 2 is 1.92 bits per heavy atom. The third-order valence-electron chi connectivity index (χ3n) is 7.61. The summed E-state index contributed by atoms with van der Waals surface area (Å²) in [5.74, 6) is -2.27. The SMILES string of the molecule is CCN(CC)[C@H]1C[C@H](CN2C(=O)[C@](O)(c3c(F)cccc3Cl)c3c2cc(-c2ncco2)cc3C(F)(F)F)C1. The zero-order chi connectivity index (χ0) is 27.4. The van der Waals surface area contributed by atoms with E-state index in [1.807, 2.05) is 0 Å².